The number of aliphatic carboxylic acids is 1. The van der Waals surface area contributed by atoms with Gasteiger partial charge in [0.2, 0.25) is 0 Å². The Labute approximate surface area is 134 Å². The summed E-state index contributed by atoms with van der Waals surface area (Å²) in [5, 5.41) is 30.5. The highest BCUT2D eigenvalue weighted by atomic mass is 16.6. The molecule has 1 atom stereocenters. The fourth-order valence-electron chi connectivity index (χ4n) is 2.65. The van der Waals surface area contributed by atoms with Crippen LogP contribution in [0, 0.1) is 0 Å². The van der Waals surface area contributed by atoms with Crippen molar-refractivity contribution in [2.45, 2.75) is 44.8 Å². The summed E-state index contributed by atoms with van der Waals surface area (Å²) in [4.78, 5) is 23.7. The number of fused-ring (bicyclic) bond motifs is 1. The normalized spacial score (nSPS) is 19.9. The van der Waals surface area contributed by atoms with Gasteiger partial charge < -0.3 is 25.2 Å². The molecule has 1 aliphatic rings. The Morgan fingerprint density at radius 3 is 2.35 bits per heavy atom. The van der Waals surface area contributed by atoms with Crippen LogP contribution < -0.4 is 10.8 Å². The highest BCUT2D eigenvalue weighted by Crippen LogP contribution is 2.30. The first-order chi connectivity index (χ1) is 10.5. The third-order valence-corrected chi connectivity index (χ3v) is 3.66. The lowest BCUT2D eigenvalue weighted by molar-refractivity contribution is -0.144. The van der Waals surface area contributed by atoms with E-state index >= 15 is 0 Å². The highest BCUT2D eigenvalue weighted by Gasteiger charge is 2.46. The van der Waals surface area contributed by atoms with E-state index < -0.39 is 30.3 Å². The largest absolute Gasteiger partial charge is 0.488 e. The van der Waals surface area contributed by atoms with Crippen molar-refractivity contribution in [1.82, 2.24) is 5.32 Å². The van der Waals surface area contributed by atoms with Crippen LogP contribution in [-0.2, 0) is 22.4 Å². The molecule has 4 N–H and O–H groups in total. The Kier molecular flexibility index (Phi) is 4.41. The first-order valence-corrected chi connectivity index (χ1v) is 7.25. The molecule has 0 aliphatic heterocycles. The second kappa shape index (κ2) is 5.86. The van der Waals surface area contributed by atoms with Gasteiger partial charge in [0.1, 0.15) is 11.1 Å². The number of carbonyl (C=O) groups is 2. The highest BCUT2D eigenvalue weighted by molar-refractivity contribution is 6.58. The van der Waals surface area contributed by atoms with Gasteiger partial charge in [-0.15, -0.1) is 0 Å². The number of rotatable bonds is 3. The molecular formula is C15H20BNO6. The second-order valence-corrected chi connectivity index (χ2v) is 6.77. The maximum atomic E-state index is 12.0. The summed E-state index contributed by atoms with van der Waals surface area (Å²) in [5.74, 6) is -1.16. The van der Waals surface area contributed by atoms with Gasteiger partial charge >= 0.3 is 19.2 Å². The van der Waals surface area contributed by atoms with Crippen molar-refractivity contribution in [3.8, 4) is 0 Å². The van der Waals surface area contributed by atoms with Gasteiger partial charge in [-0.2, -0.15) is 0 Å². The van der Waals surface area contributed by atoms with E-state index in [1.165, 1.54) is 6.07 Å². The Morgan fingerprint density at radius 1 is 1.22 bits per heavy atom. The molecule has 1 amide bonds. The Bertz CT molecular complexity index is 639. The van der Waals surface area contributed by atoms with E-state index in [9.17, 15) is 24.7 Å². The zero-order valence-corrected chi connectivity index (χ0v) is 13.3. The van der Waals surface area contributed by atoms with E-state index in [1.54, 1.807) is 32.9 Å². The minimum atomic E-state index is -1.63. The number of ether oxygens (including phenoxy) is 1. The second-order valence-electron chi connectivity index (χ2n) is 6.77. The first-order valence-electron chi connectivity index (χ1n) is 7.25. The standard InChI is InChI=1S/C15H20BNO6/c1-14(2,3)23-13(20)17-15(12(18)19)7-9-4-5-11(16(21)22)6-10(9)8-15/h4-6,21-22H,7-8H2,1-3H3,(H,17,20)(H,18,19). The van der Waals surface area contributed by atoms with Gasteiger partial charge in [0.05, 0.1) is 0 Å². The van der Waals surface area contributed by atoms with E-state index in [0.717, 1.165) is 5.56 Å². The Morgan fingerprint density at radius 2 is 1.83 bits per heavy atom. The summed E-state index contributed by atoms with van der Waals surface area (Å²) in [7, 11) is -1.63. The van der Waals surface area contributed by atoms with Gasteiger partial charge in [0.15, 0.2) is 0 Å². The average Bonchev–Trinajstić information content (AvgIpc) is 2.74. The third-order valence-electron chi connectivity index (χ3n) is 3.66. The minimum Gasteiger partial charge on any atom is -0.479 e. The number of hydrogen-bond donors (Lipinski definition) is 4. The van der Waals surface area contributed by atoms with Gasteiger partial charge in [0, 0.05) is 12.8 Å². The molecule has 7 nitrogen and oxygen atoms in total. The quantitative estimate of drug-likeness (QED) is 0.574. The smallest absolute Gasteiger partial charge is 0.479 e. The molecule has 0 spiro atoms. The molecule has 0 saturated carbocycles. The lowest BCUT2D eigenvalue weighted by Gasteiger charge is -2.28. The Hall–Kier alpha value is -2.06. The fraction of sp³-hybridized carbons (Fsp3) is 0.467. The van der Waals surface area contributed by atoms with Gasteiger partial charge in [-0.1, -0.05) is 18.2 Å². The van der Waals surface area contributed by atoms with Crippen LogP contribution in [0.4, 0.5) is 4.79 Å². The summed E-state index contributed by atoms with van der Waals surface area (Å²) in [6.45, 7) is 5.08. The number of amides is 1. The molecule has 124 valence electrons. The lowest BCUT2D eigenvalue weighted by atomic mass is 9.79. The molecule has 23 heavy (non-hydrogen) atoms. The number of alkyl carbamates (subject to hydrolysis) is 1. The van der Waals surface area contributed by atoms with Crippen molar-refractivity contribution in [3.63, 3.8) is 0 Å². The van der Waals surface area contributed by atoms with Crippen LogP contribution in [0.3, 0.4) is 0 Å². The molecule has 1 aromatic carbocycles. The van der Waals surface area contributed by atoms with Gasteiger partial charge in [-0.25, -0.2) is 9.59 Å². The number of carboxylic acids is 1. The summed E-state index contributed by atoms with van der Waals surface area (Å²) in [5.41, 5.74) is -0.545. The third kappa shape index (κ3) is 3.83. The maximum Gasteiger partial charge on any atom is 0.488 e. The van der Waals surface area contributed by atoms with Crippen LogP contribution in [0.1, 0.15) is 31.9 Å². The zero-order valence-electron chi connectivity index (χ0n) is 13.3. The summed E-state index contributed by atoms with van der Waals surface area (Å²) < 4.78 is 5.14. The zero-order chi connectivity index (χ0) is 17.4. The van der Waals surface area contributed by atoms with Gasteiger partial charge in [0.25, 0.3) is 0 Å². The van der Waals surface area contributed by atoms with E-state index in [-0.39, 0.29) is 18.3 Å². The van der Waals surface area contributed by atoms with Crippen molar-refractivity contribution in [3.05, 3.63) is 29.3 Å². The number of carboxylic acid groups (broad SMARTS) is 1. The van der Waals surface area contributed by atoms with Crippen LogP contribution >= 0.6 is 0 Å². The molecule has 0 aromatic heterocycles. The van der Waals surface area contributed by atoms with Crippen molar-refractivity contribution < 1.29 is 29.5 Å². The van der Waals surface area contributed by atoms with Crippen molar-refractivity contribution in [1.29, 1.82) is 0 Å². The number of carbonyl (C=O) groups excluding carboxylic acids is 1. The molecule has 0 fully saturated rings. The molecule has 0 saturated heterocycles. The molecule has 1 aliphatic carbocycles. The summed E-state index contributed by atoms with van der Waals surface area (Å²) in [6, 6.07) is 4.71. The van der Waals surface area contributed by atoms with E-state index in [0.29, 0.717) is 5.56 Å². The van der Waals surface area contributed by atoms with Crippen LogP contribution in [-0.4, -0.2) is 45.5 Å². The van der Waals surface area contributed by atoms with Gasteiger partial charge in [-0.3, -0.25) is 0 Å². The molecule has 0 heterocycles. The predicted molar refractivity (Wildman–Crippen MR) is 83.4 cm³/mol. The molecule has 8 heteroatoms. The SMILES string of the molecule is CC(C)(C)OC(=O)NC1(C(=O)O)Cc2ccc(B(O)O)cc2C1. The molecule has 0 bridgehead atoms. The van der Waals surface area contributed by atoms with Crippen LogP contribution in [0.15, 0.2) is 18.2 Å². The summed E-state index contributed by atoms with van der Waals surface area (Å²) in [6.07, 6.45) is -0.633. The average molecular weight is 321 g/mol. The van der Waals surface area contributed by atoms with Crippen molar-refractivity contribution >= 4 is 24.6 Å². The van der Waals surface area contributed by atoms with Crippen LogP contribution in [0.25, 0.3) is 0 Å². The Balaban J connectivity index is 2.24. The molecule has 0 radical (unpaired) electrons. The van der Waals surface area contributed by atoms with Gasteiger partial charge in [-0.05, 0) is 37.4 Å². The predicted octanol–water partition coefficient (Wildman–Crippen LogP) is -0.187. The molecule has 2 rings (SSSR count). The van der Waals surface area contributed by atoms with E-state index in [4.69, 9.17) is 4.74 Å². The van der Waals surface area contributed by atoms with Crippen molar-refractivity contribution in [2.24, 2.45) is 0 Å². The number of benzene rings is 1. The molecule has 1 aromatic rings. The monoisotopic (exact) mass is 321 g/mol. The minimum absolute atomic E-state index is 0.0530. The maximum absolute atomic E-state index is 12.0. The molecule has 1 unspecified atom stereocenters. The lowest BCUT2D eigenvalue weighted by Crippen LogP contribution is -2.56. The topological polar surface area (TPSA) is 116 Å². The summed E-state index contributed by atoms with van der Waals surface area (Å²) >= 11 is 0. The van der Waals surface area contributed by atoms with Crippen LogP contribution in [0.2, 0.25) is 0 Å². The van der Waals surface area contributed by atoms with Crippen molar-refractivity contribution in [2.75, 3.05) is 0 Å². The first kappa shape index (κ1) is 17.3. The van der Waals surface area contributed by atoms with E-state index in [2.05, 4.69) is 5.32 Å². The number of nitrogens with one attached hydrogen (secondary N) is 1. The number of hydrogen-bond acceptors (Lipinski definition) is 5. The van der Waals surface area contributed by atoms with Crippen LogP contribution in [0.5, 0.6) is 0 Å². The van der Waals surface area contributed by atoms with E-state index in [1.807, 2.05) is 0 Å². The fourth-order valence-corrected chi connectivity index (χ4v) is 2.65. The molecular weight excluding hydrogens is 301 g/mol.